The molecule has 0 aliphatic carbocycles. The zero-order valence-corrected chi connectivity index (χ0v) is 11.5. The predicted molar refractivity (Wildman–Crippen MR) is 80.1 cm³/mol. The van der Waals surface area contributed by atoms with Crippen molar-refractivity contribution in [1.82, 2.24) is 15.2 Å². The molecule has 1 aliphatic rings. The summed E-state index contributed by atoms with van der Waals surface area (Å²) in [6.07, 6.45) is 3.85. The lowest BCUT2D eigenvalue weighted by Gasteiger charge is -2.15. The van der Waals surface area contributed by atoms with Crippen molar-refractivity contribution < 1.29 is 4.79 Å². The lowest BCUT2D eigenvalue weighted by atomic mass is 10.3. The number of anilines is 3. The highest BCUT2D eigenvalue weighted by atomic mass is 16.1. The van der Waals surface area contributed by atoms with Crippen LogP contribution >= 0.6 is 0 Å². The first-order valence-electron chi connectivity index (χ1n) is 6.84. The highest BCUT2D eigenvalue weighted by Gasteiger charge is 2.15. The number of hydrogen-bond donors (Lipinski definition) is 2. The van der Waals surface area contributed by atoms with Gasteiger partial charge in [-0.3, -0.25) is 4.79 Å². The van der Waals surface area contributed by atoms with Crippen molar-refractivity contribution in [1.29, 1.82) is 0 Å². The van der Waals surface area contributed by atoms with E-state index in [0.717, 1.165) is 18.9 Å². The van der Waals surface area contributed by atoms with Gasteiger partial charge in [0.25, 0.3) is 5.91 Å². The number of nitrogens with two attached hydrogens (primary N) is 1. The molecule has 2 aromatic rings. The minimum Gasteiger partial charge on any atom is -0.384 e. The number of hydrogen-bond acceptors (Lipinski definition) is 6. The van der Waals surface area contributed by atoms with Gasteiger partial charge in [-0.15, -0.1) is 10.2 Å². The number of nitrogen functional groups attached to an aromatic ring is 1. The second-order valence-electron chi connectivity index (χ2n) is 4.90. The van der Waals surface area contributed by atoms with Gasteiger partial charge in [-0.2, -0.15) is 0 Å². The number of carbonyl (C=O) groups is 1. The SMILES string of the molecule is Nc1ccc(NC(=O)c2ccc(N3CCCC3)nn2)cn1. The summed E-state index contributed by atoms with van der Waals surface area (Å²) < 4.78 is 0. The van der Waals surface area contributed by atoms with Crippen LogP contribution in [0.1, 0.15) is 23.3 Å². The average Bonchev–Trinajstić information content (AvgIpc) is 3.04. The molecule has 0 bridgehead atoms. The van der Waals surface area contributed by atoms with Crippen molar-refractivity contribution in [3.8, 4) is 0 Å². The fourth-order valence-corrected chi connectivity index (χ4v) is 2.24. The molecule has 1 saturated heterocycles. The molecule has 0 aromatic carbocycles. The average molecular weight is 284 g/mol. The maximum atomic E-state index is 12.0. The lowest BCUT2D eigenvalue weighted by molar-refractivity contribution is 0.102. The summed E-state index contributed by atoms with van der Waals surface area (Å²) >= 11 is 0. The molecule has 7 heteroatoms. The van der Waals surface area contributed by atoms with E-state index in [4.69, 9.17) is 5.73 Å². The maximum Gasteiger partial charge on any atom is 0.276 e. The van der Waals surface area contributed by atoms with E-state index in [0.29, 0.717) is 11.5 Å². The number of aromatic nitrogens is 3. The van der Waals surface area contributed by atoms with E-state index < -0.39 is 0 Å². The van der Waals surface area contributed by atoms with Crippen molar-refractivity contribution in [2.75, 3.05) is 29.0 Å². The topological polar surface area (TPSA) is 97.0 Å². The van der Waals surface area contributed by atoms with Crippen LogP contribution in [0.3, 0.4) is 0 Å². The van der Waals surface area contributed by atoms with E-state index in [-0.39, 0.29) is 11.6 Å². The second kappa shape index (κ2) is 5.74. The van der Waals surface area contributed by atoms with Gasteiger partial charge in [0, 0.05) is 13.1 Å². The molecule has 3 N–H and O–H groups in total. The molecular weight excluding hydrogens is 268 g/mol. The number of pyridine rings is 1. The summed E-state index contributed by atoms with van der Waals surface area (Å²) in [5, 5.41) is 10.8. The van der Waals surface area contributed by atoms with Crippen LogP contribution in [0, 0.1) is 0 Å². The van der Waals surface area contributed by atoms with Crippen molar-refractivity contribution >= 4 is 23.2 Å². The van der Waals surface area contributed by atoms with Gasteiger partial charge in [0.15, 0.2) is 11.5 Å². The van der Waals surface area contributed by atoms with Gasteiger partial charge in [-0.05, 0) is 37.1 Å². The first kappa shape index (κ1) is 13.3. The third-order valence-electron chi connectivity index (χ3n) is 3.36. The Labute approximate surface area is 122 Å². The molecular formula is C14H16N6O. The van der Waals surface area contributed by atoms with Crippen LogP contribution in [0.5, 0.6) is 0 Å². The van der Waals surface area contributed by atoms with Crippen LogP contribution in [0.2, 0.25) is 0 Å². The van der Waals surface area contributed by atoms with E-state index in [9.17, 15) is 4.79 Å². The third kappa shape index (κ3) is 3.07. The molecule has 3 heterocycles. The van der Waals surface area contributed by atoms with Crippen LogP contribution in [0.4, 0.5) is 17.3 Å². The van der Waals surface area contributed by atoms with Crippen LogP contribution < -0.4 is 16.0 Å². The summed E-state index contributed by atoms with van der Waals surface area (Å²) in [7, 11) is 0. The fourth-order valence-electron chi connectivity index (χ4n) is 2.24. The maximum absolute atomic E-state index is 12.0. The highest BCUT2D eigenvalue weighted by Crippen LogP contribution is 2.17. The Kier molecular flexibility index (Phi) is 3.63. The van der Waals surface area contributed by atoms with E-state index in [1.54, 1.807) is 18.2 Å². The van der Waals surface area contributed by atoms with Crippen LogP contribution in [-0.4, -0.2) is 34.2 Å². The van der Waals surface area contributed by atoms with Gasteiger partial charge in [0.2, 0.25) is 0 Å². The number of carbonyl (C=O) groups excluding carboxylic acids is 1. The third-order valence-corrected chi connectivity index (χ3v) is 3.36. The molecule has 3 rings (SSSR count). The number of amides is 1. The van der Waals surface area contributed by atoms with Crippen molar-refractivity contribution in [3.05, 3.63) is 36.2 Å². The molecule has 2 aromatic heterocycles. The fraction of sp³-hybridized carbons (Fsp3) is 0.286. The van der Waals surface area contributed by atoms with Gasteiger partial charge < -0.3 is 16.0 Å². The van der Waals surface area contributed by atoms with Gasteiger partial charge in [0.05, 0.1) is 11.9 Å². The zero-order valence-electron chi connectivity index (χ0n) is 11.5. The Hall–Kier alpha value is -2.70. The molecule has 0 saturated carbocycles. The van der Waals surface area contributed by atoms with Gasteiger partial charge in [-0.1, -0.05) is 0 Å². The normalized spacial score (nSPS) is 14.2. The predicted octanol–water partition coefficient (Wildman–Crippen LogP) is 1.31. The van der Waals surface area contributed by atoms with E-state index >= 15 is 0 Å². The number of rotatable bonds is 3. The molecule has 7 nitrogen and oxygen atoms in total. The Morgan fingerprint density at radius 1 is 1.14 bits per heavy atom. The molecule has 0 radical (unpaired) electrons. The largest absolute Gasteiger partial charge is 0.384 e. The van der Waals surface area contributed by atoms with Gasteiger partial charge in [-0.25, -0.2) is 4.98 Å². The number of nitrogens with one attached hydrogen (secondary N) is 1. The molecule has 1 aliphatic heterocycles. The molecule has 0 spiro atoms. The van der Waals surface area contributed by atoms with E-state index in [1.807, 2.05) is 6.07 Å². The van der Waals surface area contributed by atoms with Crippen LogP contribution in [0.25, 0.3) is 0 Å². The minimum absolute atomic E-state index is 0.273. The Morgan fingerprint density at radius 3 is 2.57 bits per heavy atom. The van der Waals surface area contributed by atoms with Gasteiger partial charge in [0.1, 0.15) is 5.82 Å². The molecule has 0 atom stereocenters. The molecule has 1 amide bonds. The van der Waals surface area contributed by atoms with Gasteiger partial charge >= 0.3 is 0 Å². The summed E-state index contributed by atoms with van der Waals surface area (Å²) in [6.45, 7) is 1.99. The standard InChI is InChI=1S/C14H16N6O/c15-12-5-3-10(9-16-12)17-14(21)11-4-6-13(19-18-11)20-7-1-2-8-20/h3-6,9H,1-2,7-8H2,(H2,15,16)(H,17,21). The number of nitrogens with zero attached hydrogens (tertiary/aromatic N) is 4. The quantitative estimate of drug-likeness (QED) is 0.882. The summed E-state index contributed by atoms with van der Waals surface area (Å²) in [5.74, 6) is 0.906. The molecule has 108 valence electrons. The minimum atomic E-state index is -0.318. The lowest BCUT2D eigenvalue weighted by Crippen LogP contribution is -2.21. The molecule has 21 heavy (non-hydrogen) atoms. The van der Waals surface area contributed by atoms with Crippen molar-refractivity contribution in [2.24, 2.45) is 0 Å². The Morgan fingerprint density at radius 2 is 1.95 bits per heavy atom. The van der Waals surface area contributed by atoms with Crippen molar-refractivity contribution in [2.45, 2.75) is 12.8 Å². The van der Waals surface area contributed by atoms with E-state index in [2.05, 4.69) is 25.4 Å². The second-order valence-corrected chi connectivity index (χ2v) is 4.90. The first-order chi connectivity index (χ1) is 10.2. The van der Waals surface area contributed by atoms with Crippen molar-refractivity contribution in [3.63, 3.8) is 0 Å². The molecule has 0 unspecified atom stereocenters. The summed E-state index contributed by atoms with van der Waals surface area (Å²) in [4.78, 5) is 18.1. The van der Waals surface area contributed by atoms with E-state index in [1.165, 1.54) is 19.0 Å². The zero-order chi connectivity index (χ0) is 14.7. The van der Waals surface area contributed by atoms with Crippen LogP contribution in [-0.2, 0) is 0 Å². The Bertz CT molecular complexity index is 619. The first-order valence-corrected chi connectivity index (χ1v) is 6.84. The summed E-state index contributed by atoms with van der Waals surface area (Å²) in [5.41, 5.74) is 6.34. The van der Waals surface area contributed by atoms with Crippen LogP contribution in [0.15, 0.2) is 30.5 Å². The Balaban J connectivity index is 1.68. The molecule has 1 fully saturated rings. The smallest absolute Gasteiger partial charge is 0.276 e. The monoisotopic (exact) mass is 284 g/mol. The summed E-state index contributed by atoms with van der Waals surface area (Å²) in [6, 6.07) is 6.82. The highest BCUT2D eigenvalue weighted by molar-refractivity contribution is 6.02.